The van der Waals surface area contributed by atoms with Crippen LogP contribution in [0, 0.1) is 0 Å². The summed E-state index contributed by atoms with van der Waals surface area (Å²) in [6.45, 7) is 3.98. The average molecular weight is 235 g/mol. The highest BCUT2D eigenvalue weighted by Crippen LogP contribution is 2.14. The largest absolute Gasteiger partial charge is 0.380 e. The molecular formula is C10H21NOS2. The van der Waals surface area contributed by atoms with Crippen LogP contribution >= 0.6 is 23.5 Å². The summed E-state index contributed by atoms with van der Waals surface area (Å²) in [5, 5.41) is 3.22. The summed E-state index contributed by atoms with van der Waals surface area (Å²) in [6.07, 6.45) is 2.59. The molecule has 2 aliphatic heterocycles. The Morgan fingerprint density at radius 1 is 0.786 bits per heavy atom. The second-order valence-corrected chi connectivity index (χ2v) is 5.74. The van der Waals surface area contributed by atoms with Crippen molar-refractivity contribution in [2.75, 3.05) is 49.3 Å². The summed E-state index contributed by atoms with van der Waals surface area (Å²) in [7, 11) is 0. The summed E-state index contributed by atoms with van der Waals surface area (Å²) >= 11 is 4.19. The van der Waals surface area contributed by atoms with E-state index >= 15 is 0 Å². The van der Waals surface area contributed by atoms with Gasteiger partial charge in [-0.3, -0.25) is 0 Å². The van der Waals surface area contributed by atoms with Crippen LogP contribution < -0.4 is 5.32 Å². The van der Waals surface area contributed by atoms with E-state index in [0.717, 1.165) is 26.3 Å². The Labute approximate surface area is 95.9 Å². The molecule has 0 aromatic carbocycles. The van der Waals surface area contributed by atoms with Gasteiger partial charge in [-0.15, -0.1) is 0 Å². The van der Waals surface area contributed by atoms with Crippen LogP contribution in [0.4, 0.5) is 0 Å². The van der Waals surface area contributed by atoms with E-state index in [0.29, 0.717) is 0 Å². The van der Waals surface area contributed by atoms with Gasteiger partial charge in [0.1, 0.15) is 0 Å². The second kappa shape index (κ2) is 10.1. The molecule has 0 bridgehead atoms. The molecule has 2 saturated heterocycles. The van der Waals surface area contributed by atoms with Gasteiger partial charge >= 0.3 is 0 Å². The molecular weight excluding hydrogens is 214 g/mol. The van der Waals surface area contributed by atoms with Gasteiger partial charge in [0.15, 0.2) is 0 Å². The molecule has 0 spiro atoms. The molecule has 2 rings (SSSR count). The van der Waals surface area contributed by atoms with E-state index < -0.39 is 0 Å². The van der Waals surface area contributed by atoms with Gasteiger partial charge < -0.3 is 10.1 Å². The highest BCUT2D eigenvalue weighted by Gasteiger charge is 1.96. The Balaban J connectivity index is 0.000000140. The van der Waals surface area contributed by atoms with Crippen molar-refractivity contribution < 1.29 is 4.74 Å². The lowest BCUT2D eigenvalue weighted by Crippen LogP contribution is -2.15. The number of hydrogen-bond acceptors (Lipinski definition) is 4. The van der Waals surface area contributed by atoms with Crippen molar-refractivity contribution in [3.63, 3.8) is 0 Å². The first-order valence-electron chi connectivity index (χ1n) is 5.44. The first-order valence-corrected chi connectivity index (χ1v) is 7.75. The van der Waals surface area contributed by atoms with Gasteiger partial charge in [-0.2, -0.15) is 23.5 Å². The molecule has 84 valence electrons. The molecule has 14 heavy (non-hydrogen) atoms. The smallest absolute Gasteiger partial charge is 0.0590 e. The Kier molecular flexibility index (Phi) is 9.20. The topological polar surface area (TPSA) is 21.3 Å². The highest BCUT2D eigenvalue weighted by molar-refractivity contribution is 8.03. The molecule has 2 heterocycles. The van der Waals surface area contributed by atoms with Gasteiger partial charge in [-0.1, -0.05) is 0 Å². The fourth-order valence-electron chi connectivity index (χ4n) is 1.26. The Morgan fingerprint density at radius 3 is 2.36 bits per heavy atom. The number of nitrogens with one attached hydrogen (secondary N) is 1. The molecule has 0 atom stereocenters. The fourth-order valence-corrected chi connectivity index (χ4v) is 3.49. The fraction of sp³-hybridized carbons (Fsp3) is 1.00. The molecule has 0 unspecified atom stereocenters. The van der Waals surface area contributed by atoms with Crippen molar-refractivity contribution in [2.24, 2.45) is 0 Å². The Bertz CT molecular complexity index is 71.4. The SMILES string of the molecule is C1CNCCOC1.C1CSCCSC1. The van der Waals surface area contributed by atoms with Crippen LogP contribution in [-0.2, 0) is 4.74 Å². The van der Waals surface area contributed by atoms with E-state index in [1.54, 1.807) is 0 Å². The van der Waals surface area contributed by atoms with Crippen LogP contribution in [0.15, 0.2) is 0 Å². The summed E-state index contributed by atoms with van der Waals surface area (Å²) in [6, 6.07) is 0. The summed E-state index contributed by atoms with van der Waals surface area (Å²) < 4.78 is 5.13. The van der Waals surface area contributed by atoms with Crippen molar-refractivity contribution in [3.05, 3.63) is 0 Å². The van der Waals surface area contributed by atoms with Gasteiger partial charge in [0.2, 0.25) is 0 Å². The van der Waals surface area contributed by atoms with Crippen LogP contribution in [0.5, 0.6) is 0 Å². The van der Waals surface area contributed by atoms with Crippen LogP contribution in [0.3, 0.4) is 0 Å². The van der Waals surface area contributed by atoms with Crippen molar-refractivity contribution in [3.8, 4) is 0 Å². The standard InChI is InChI=1S/C5H11NO.C5H10S2/c1-2-6-3-5-7-4-1;1-2-6-4-5-7-3-1/h6H,1-5H2;1-5H2. The molecule has 0 radical (unpaired) electrons. The van der Waals surface area contributed by atoms with Gasteiger partial charge in [0, 0.05) is 24.7 Å². The maximum atomic E-state index is 5.13. The van der Waals surface area contributed by atoms with Crippen LogP contribution in [0.1, 0.15) is 12.8 Å². The normalized spacial score (nSPS) is 24.0. The molecule has 0 amide bonds. The molecule has 2 aliphatic rings. The van der Waals surface area contributed by atoms with Crippen LogP contribution in [-0.4, -0.2) is 49.3 Å². The van der Waals surface area contributed by atoms with Crippen molar-refractivity contribution in [2.45, 2.75) is 12.8 Å². The Morgan fingerprint density at radius 2 is 1.57 bits per heavy atom. The first-order chi connectivity index (χ1) is 7.00. The van der Waals surface area contributed by atoms with Gasteiger partial charge in [0.05, 0.1) is 6.61 Å². The minimum Gasteiger partial charge on any atom is -0.380 e. The second-order valence-electron chi connectivity index (χ2n) is 3.29. The van der Waals surface area contributed by atoms with E-state index in [2.05, 4.69) is 28.8 Å². The third kappa shape index (κ3) is 7.97. The van der Waals surface area contributed by atoms with Crippen LogP contribution in [0.25, 0.3) is 0 Å². The number of ether oxygens (including phenoxy) is 1. The molecule has 4 heteroatoms. The molecule has 0 aromatic rings. The maximum absolute atomic E-state index is 5.13. The minimum atomic E-state index is 0.889. The third-order valence-corrected chi connectivity index (χ3v) is 4.41. The number of hydrogen-bond donors (Lipinski definition) is 1. The lowest BCUT2D eigenvalue weighted by Gasteiger charge is -1.91. The predicted octanol–water partition coefficient (Wildman–Crippen LogP) is 1.85. The molecule has 1 N–H and O–H groups in total. The maximum Gasteiger partial charge on any atom is 0.0590 e. The Hall–Kier alpha value is 0.620. The summed E-state index contributed by atoms with van der Waals surface area (Å²) in [5.74, 6) is 5.55. The first kappa shape index (κ1) is 12.7. The van der Waals surface area contributed by atoms with E-state index in [9.17, 15) is 0 Å². The van der Waals surface area contributed by atoms with Gasteiger partial charge in [-0.05, 0) is 30.9 Å². The molecule has 2 fully saturated rings. The van der Waals surface area contributed by atoms with E-state index in [4.69, 9.17) is 4.74 Å². The predicted molar refractivity (Wildman–Crippen MR) is 67.6 cm³/mol. The van der Waals surface area contributed by atoms with Crippen molar-refractivity contribution in [1.29, 1.82) is 0 Å². The van der Waals surface area contributed by atoms with Gasteiger partial charge in [-0.25, -0.2) is 0 Å². The molecule has 0 aromatic heterocycles. The zero-order valence-corrected chi connectivity index (χ0v) is 10.4. The average Bonchev–Trinajstić information content (AvgIpc) is 2.68. The summed E-state index contributed by atoms with van der Waals surface area (Å²) in [5.41, 5.74) is 0. The third-order valence-electron chi connectivity index (χ3n) is 2.01. The molecule has 2 nitrogen and oxygen atoms in total. The lowest BCUT2D eigenvalue weighted by atomic mass is 10.5. The molecule has 0 saturated carbocycles. The van der Waals surface area contributed by atoms with Crippen molar-refractivity contribution in [1.82, 2.24) is 5.32 Å². The molecule has 0 aliphatic carbocycles. The lowest BCUT2D eigenvalue weighted by molar-refractivity contribution is 0.151. The van der Waals surface area contributed by atoms with Crippen molar-refractivity contribution >= 4 is 23.5 Å². The number of rotatable bonds is 0. The zero-order chi connectivity index (χ0) is 9.90. The number of thioether (sulfide) groups is 2. The van der Waals surface area contributed by atoms with Crippen LogP contribution in [0.2, 0.25) is 0 Å². The highest BCUT2D eigenvalue weighted by atomic mass is 32.2. The van der Waals surface area contributed by atoms with E-state index in [-0.39, 0.29) is 0 Å². The van der Waals surface area contributed by atoms with Gasteiger partial charge in [0.25, 0.3) is 0 Å². The quantitative estimate of drug-likeness (QED) is 0.691. The zero-order valence-electron chi connectivity index (χ0n) is 8.80. The summed E-state index contributed by atoms with van der Waals surface area (Å²) in [4.78, 5) is 0. The monoisotopic (exact) mass is 235 g/mol. The van der Waals surface area contributed by atoms with E-state index in [1.807, 2.05) is 0 Å². The van der Waals surface area contributed by atoms with E-state index in [1.165, 1.54) is 35.9 Å². The minimum absolute atomic E-state index is 0.889.